The van der Waals surface area contributed by atoms with Gasteiger partial charge in [0.2, 0.25) is 0 Å². The first-order chi connectivity index (χ1) is 10.3. The largest absolute Gasteiger partial charge is 0.644 e. The van der Waals surface area contributed by atoms with Gasteiger partial charge in [-0.2, -0.15) is 0 Å². The molecule has 0 fully saturated rings. The second kappa shape index (κ2) is 6.82. The van der Waals surface area contributed by atoms with Crippen LogP contribution in [0.3, 0.4) is 0 Å². The fourth-order valence-electron chi connectivity index (χ4n) is 3.04. The van der Waals surface area contributed by atoms with Crippen LogP contribution in [-0.4, -0.2) is 17.1 Å². The smallest absolute Gasteiger partial charge is 0.285 e. The van der Waals surface area contributed by atoms with Gasteiger partial charge < -0.3 is 10.4 Å². The normalized spacial score (nSPS) is 17.1. The lowest BCUT2D eigenvalue weighted by atomic mass is 9.88. The highest BCUT2D eigenvalue weighted by Gasteiger charge is 2.16. The zero-order chi connectivity index (χ0) is 16.3. The molecule has 0 radical (unpaired) electrons. The molecule has 1 aromatic rings. The number of benzene rings is 1. The number of hydrogen-bond donors (Lipinski definition) is 1. The summed E-state index contributed by atoms with van der Waals surface area (Å²) in [4.78, 5) is 11.5. The van der Waals surface area contributed by atoms with Crippen LogP contribution in [-0.2, 0) is 17.6 Å². The Hall–Kier alpha value is -1.35. The average molecular weight is 302 g/mol. The van der Waals surface area contributed by atoms with E-state index in [1.807, 2.05) is 6.92 Å². The standard InChI is InChI=1S/C19H28NO2/c1-13(15-9-8-14-6-5-7-16(14)12-15)20-17(18(21)22)10-11-19(2,3)4/h8-9,12-13,17H,5-7,10-11H2,1-4H3,(H,21,22)/q-1/t13-,17?/m0/s1. The molecule has 0 aromatic heterocycles. The Bertz CT molecular complexity index is 531. The molecule has 0 spiro atoms. The minimum absolute atomic E-state index is 0.0630. The quantitative estimate of drug-likeness (QED) is 0.813. The number of carbonyl (C=O) groups is 1. The predicted molar refractivity (Wildman–Crippen MR) is 90.4 cm³/mol. The van der Waals surface area contributed by atoms with E-state index >= 15 is 0 Å². The van der Waals surface area contributed by atoms with E-state index in [1.54, 1.807) is 0 Å². The Morgan fingerprint density at radius 3 is 2.59 bits per heavy atom. The first kappa shape index (κ1) is 17.0. The summed E-state index contributed by atoms with van der Waals surface area (Å²) in [5, 5.41) is 14.0. The van der Waals surface area contributed by atoms with Crippen LogP contribution >= 0.6 is 0 Å². The third-order valence-corrected chi connectivity index (χ3v) is 4.46. The van der Waals surface area contributed by atoms with Gasteiger partial charge in [-0.15, -0.1) is 6.04 Å². The first-order valence-corrected chi connectivity index (χ1v) is 8.31. The Morgan fingerprint density at radius 2 is 1.95 bits per heavy atom. The van der Waals surface area contributed by atoms with Crippen LogP contribution in [0.25, 0.3) is 5.32 Å². The van der Waals surface area contributed by atoms with E-state index < -0.39 is 12.0 Å². The molecule has 1 aromatic carbocycles. The molecule has 2 atom stereocenters. The summed E-state index contributed by atoms with van der Waals surface area (Å²) in [5.74, 6) is -0.808. The van der Waals surface area contributed by atoms with E-state index in [2.05, 4.69) is 44.3 Å². The molecule has 0 bridgehead atoms. The lowest BCUT2D eigenvalue weighted by molar-refractivity contribution is -0.138. The molecule has 1 aliphatic carbocycles. The number of fused-ring (bicyclic) bond motifs is 1. The van der Waals surface area contributed by atoms with Gasteiger partial charge in [0.25, 0.3) is 5.97 Å². The second-order valence-corrected chi connectivity index (χ2v) is 7.66. The van der Waals surface area contributed by atoms with E-state index in [-0.39, 0.29) is 11.5 Å². The van der Waals surface area contributed by atoms with Crippen LogP contribution in [0.15, 0.2) is 18.2 Å². The van der Waals surface area contributed by atoms with Crippen LogP contribution < -0.4 is 0 Å². The van der Waals surface area contributed by atoms with Gasteiger partial charge in [0.1, 0.15) is 0 Å². The maximum absolute atomic E-state index is 11.5. The first-order valence-electron chi connectivity index (χ1n) is 8.31. The van der Waals surface area contributed by atoms with Gasteiger partial charge in [-0.05, 0) is 48.3 Å². The van der Waals surface area contributed by atoms with Crippen molar-refractivity contribution in [2.45, 2.75) is 71.9 Å². The van der Waals surface area contributed by atoms with Gasteiger partial charge in [0.05, 0.1) is 0 Å². The number of nitrogens with zero attached hydrogens (tertiary/aromatic N) is 1. The summed E-state index contributed by atoms with van der Waals surface area (Å²) in [6.45, 7) is 8.41. The average Bonchev–Trinajstić information content (AvgIpc) is 2.88. The number of rotatable bonds is 6. The highest BCUT2D eigenvalue weighted by Crippen LogP contribution is 2.32. The number of carboxylic acids is 1. The van der Waals surface area contributed by atoms with Crippen LogP contribution in [0.2, 0.25) is 0 Å². The Kier molecular flexibility index (Phi) is 5.28. The molecular formula is C19H28NO2-. The maximum Gasteiger partial charge on any atom is 0.285 e. The molecule has 1 unspecified atom stereocenters. The minimum Gasteiger partial charge on any atom is -0.644 e. The molecule has 3 heteroatoms. The summed E-state index contributed by atoms with van der Waals surface area (Å²) in [7, 11) is 0. The van der Waals surface area contributed by atoms with E-state index in [1.165, 1.54) is 24.0 Å². The van der Waals surface area contributed by atoms with Crippen molar-refractivity contribution in [2.75, 3.05) is 0 Å². The number of aliphatic carboxylic acids is 1. The molecule has 22 heavy (non-hydrogen) atoms. The maximum atomic E-state index is 11.5. The van der Waals surface area contributed by atoms with Gasteiger partial charge >= 0.3 is 0 Å². The van der Waals surface area contributed by atoms with Gasteiger partial charge in [-0.3, -0.25) is 4.79 Å². The molecule has 0 amide bonds. The van der Waals surface area contributed by atoms with Gasteiger partial charge in [-0.1, -0.05) is 57.9 Å². The molecule has 0 heterocycles. The van der Waals surface area contributed by atoms with Crippen molar-refractivity contribution in [3.8, 4) is 0 Å². The van der Waals surface area contributed by atoms with Crippen LogP contribution in [0, 0.1) is 5.41 Å². The van der Waals surface area contributed by atoms with Crippen molar-refractivity contribution in [3.63, 3.8) is 0 Å². The van der Waals surface area contributed by atoms with Gasteiger partial charge in [0, 0.05) is 0 Å². The molecule has 3 nitrogen and oxygen atoms in total. The number of aryl methyl sites for hydroxylation is 2. The van der Waals surface area contributed by atoms with Crippen molar-refractivity contribution in [3.05, 3.63) is 40.2 Å². The van der Waals surface area contributed by atoms with Crippen molar-refractivity contribution in [1.29, 1.82) is 0 Å². The fraction of sp³-hybridized carbons (Fsp3) is 0.632. The zero-order valence-corrected chi connectivity index (χ0v) is 14.2. The summed E-state index contributed by atoms with van der Waals surface area (Å²) in [5.41, 5.74) is 4.14. The fourth-order valence-corrected chi connectivity index (χ4v) is 3.04. The minimum atomic E-state index is -0.808. The molecule has 0 aliphatic heterocycles. The Balaban J connectivity index is 2.01. The topological polar surface area (TPSA) is 51.4 Å². The second-order valence-electron chi connectivity index (χ2n) is 7.66. The summed E-state index contributed by atoms with van der Waals surface area (Å²) >= 11 is 0. The Morgan fingerprint density at radius 1 is 1.27 bits per heavy atom. The zero-order valence-electron chi connectivity index (χ0n) is 14.2. The van der Waals surface area contributed by atoms with Gasteiger partial charge in [-0.25, -0.2) is 0 Å². The Labute approximate surface area is 134 Å². The van der Waals surface area contributed by atoms with Crippen molar-refractivity contribution in [1.82, 2.24) is 0 Å². The molecular weight excluding hydrogens is 274 g/mol. The monoisotopic (exact) mass is 302 g/mol. The third-order valence-electron chi connectivity index (χ3n) is 4.46. The molecule has 0 saturated heterocycles. The molecule has 0 saturated carbocycles. The SMILES string of the molecule is C[C@H]([N-]C(CCC(C)(C)C)C(=O)O)c1ccc2c(c1)CCC2. The van der Waals surface area contributed by atoms with Crippen LogP contribution in [0.4, 0.5) is 0 Å². The van der Waals surface area contributed by atoms with E-state index in [9.17, 15) is 9.90 Å². The van der Waals surface area contributed by atoms with Crippen LogP contribution in [0.5, 0.6) is 0 Å². The molecule has 1 N–H and O–H groups in total. The van der Waals surface area contributed by atoms with E-state index in [0.29, 0.717) is 6.42 Å². The summed E-state index contributed by atoms with van der Waals surface area (Å²) in [6.07, 6.45) is 5.01. The summed E-state index contributed by atoms with van der Waals surface area (Å²) < 4.78 is 0. The van der Waals surface area contributed by atoms with Gasteiger partial charge in [0.15, 0.2) is 0 Å². The van der Waals surface area contributed by atoms with Crippen molar-refractivity contribution in [2.24, 2.45) is 5.41 Å². The number of hydrogen-bond acceptors (Lipinski definition) is 1. The molecule has 2 rings (SSSR count). The van der Waals surface area contributed by atoms with Crippen molar-refractivity contribution >= 4 is 5.97 Å². The van der Waals surface area contributed by atoms with Crippen molar-refractivity contribution < 1.29 is 9.90 Å². The molecule has 122 valence electrons. The van der Waals surface area contributed by atoms with Crippen LogP contribution in [0.1, 0.15) is 69.7 Å². The third kappa shape index (κ3) is 4.57. The lowest BCUT2D eigenvalue weighted by Gasteiger charge is -2.36. The van der Waals surface area contributed by atoms with E-state index in [4.69, 9.17) is 0 Å². The lowest BCUT2D eigenvalue weighted by Crippen LogP contribution is -2.23. The predicted octanol–water partition coefficient (Wildman–Crippen LogP) is 4.89. The molecule has 1 aliphatic rings. The summed E-state index contributed by atoms with van der Waals surface area (Å²) in [6, 6.07) is 5.85. The number of carboxylic acid groups (broad SMARTS) is 1. The highest BCUT2D eigenvalue weighted by atomic mass is 16.4. The van der Waals surface area contributed by atoms with E-state index in [0.717, 1.165) is 18.4 Å². The highest BCUT2D eigenvalue weighted by molar-refractivity contribution is 5.76.